The number of ether oxygens (including phenoxy) is 1. The van der Waals surface area contributed by atoms with Gasteiger partial charge >= 0.3 is 17.9 Å². The van der Waals surface area contributed by atoms with Gasteiger partial charge in [-0.2, -0.15) is 11.8 Å². The summed E-state index contributed by atoms with van der Waals surface area (Å²) in [5, 5.41) is 16.2. The Bertz CT molecular complexity index is 342. The van der Waals surface area contributed by atoms with E-state index in [2.05, 4.69) is 5.73 Å². The number of esters is 1. The van der Waals surface area contributed by atoms with E-state index in [0.29, 0.717) is 6.42 Å². The largest absolute Gasteiger partial charge is 0.480 e. The molecule has 0 aromatic carbocycles. The van der Waals surface area contributed by atoms with Crippen molar-refractivity contribution in [2.45, 2.75) is 31.5 Å². The SMILES string of the molecule is CSCC[C@H](N)C(=O)O[C@H](C)[C@H](N)C(=O)O.NCC(=O)O. The number of nitrogens with two attached hydrogens (primary N) is 3. The molecule has 0 aliphatic carbocycles. The predicted molar refractivity (Wildman–Crippen MR) is 78.8 cm³/mol. The smallest absolute Gasteiger partial charge is 0.324 e. The highest BCUT2D eigenvalue weighted by molar-refractivity contribution is 7.98. The number of carbonyl (C=O) groups is 3. The predicted octanol–water partition coefficient (Wildman–Crippen LogP) is -1.56. The third kappa shape index (κ3) is 12.1. The van der Waals surface area contributed by atoms with Gasteiger partial charge in [0.25, 0.3) is 0 Å². The zero-order chi connectivity index (χ0) is 17.0. The highest BCUT2D eigenvalue weighted by Crippen LogP contribution is 2.04. The first-order valence-corrected chi connectivity index (χ1v) is 7.41. The lowest BCUT2D eigenvalue weighted by atomic mass is 10.2. The zero-order valence-electron chi connectivity index (χ0n) is 12.0. The Balaban J connectivity index is 0. The molecule has 21 heavy (non-hydrogen) atoms. The summed E-state index contributed by atoms with van der Waals surface area (Å²) in [6.45, 7) is 1.15. The van der Waals surface area contributed by atoms with Gasteiger partial charge in [-0.05, 0) is 25.4 Å². The van der Waals surface area contributed by atoms with Crippen LogP contribution in [0.5, 0.6) is 0 Å². The Hall–Kier alpha value is -1.36. The quantitative estimate of drug-likeness (QED) is 0.327. The Morgan fingerprint density at radius 1 is 1.24 bits per heavy atom. The second-order valence-corrected chi connectivity index (χ2v) is 4.98. The van der Waals surface area contributed by atoms with Crippen LogP contribution in [0.15, 0.2) is 0 Å². The van der Waals surface area contributed by atoms with E-state index in [4.69, 9.17) is 26.4 Å². The molecule has 0 aromatic heterocycles. The standard InChI is InChI=1S/C9H18N2O4S.C2H5NO2/c1-5(7(11)8(12)13)15-9(14)6(10)3-4-16-2;3-1-2(4)5/h5-7H,3-4,10-11H2,1-2H3,(H,12,13);1,3H2,(H,4,5)/t5-,6+,7+;/m1./s1. The molecule has 3 atom stereocenters. The maximum atomic E-state index is 11.4. The van der Waals surface area contributed by atoms with E-state index >= 15 is 0 Å². The van der Waals surface area contributed by atoms with E-state index < -0.39 is 36.1 Å². The van der Waals surface area contributed by atoms with Gasteiger partial charge in [-0.1, -0.05) is 0 Å². The molecule has 0 radical (unpaired) electrons. The normalized spacial score (nSPS) is 14.1. The second-order valence-electron chi connectivity index (χ2n) is 3.99. The summed E-state index contributed by atoms with van der Waals surface area (Å²) in [4.78, 5) is 31.1. The molecule has 0 unspecified atom stereocenters. The van der Waals surface area contributed by atoms with Crippen molar-refractivity contribution in [1.29, 1.82) is 0 Å². The summed E-state index contributed by atoms with van der Waals surface area (Å²) < 4.78 is 4.85. The minimum atomic E-state index is -1.23. The first-order chi connectivity index (χ1) is 9.67. The number of hydrogen-bond acceptors (Lipinski definition) is 8. The summed E-state index contributed by atoms with van der Waals surface area (Å²) >= 11 is 1.57. The molecule has 0 aliphatic rings. The van der Waals surface area contributed by atoms with Crippen LogP contribution in [0.2, 0.25) is 0 Å². The molecule has 10 heteroatoms. The van der Waals surface area contributed by atoms with Crippen molar-refractivity contribution in [1.82, 2.24) is 0 Å². The fraction of sp³-hybridized carbons (Fsp3) is 0.727. The summed E-state index contributed by atoms with van der Waals surface area (Å²) in [6.07, 6.45) is 1.51. The van der Waals surface area contributed by atoms with Gasteiger partial charge in [0, 0.05) is 0 Å². The van der Waals surface area contributed by atoms with Crippen LogP contribution in [0.1, 0.15) is 13.3 Å². The van der Waals surface area contributed by atoms with E-state index in [1.54, 1.807) is 11.8 Å². The maximum absolute atomic E-state index is 11.4. The van der Waals surface area contributed by atoms with Gasteiger partial charge in [-0.15, -0.1) is 0 Å². The molecule has 8 N–H and O–H groups in total. The lowest BCUT2D eigenvalue weighted by Gasteiger charge is -2.19. The van der Waals surface area contributed by atoms with E-state index in [1.807, 2.05) is 6.26 Å². The summed E-state index contributed by atoms with van der Waals surface area (Å²) in [6, 6.07) is -1.95. The van der Waals surface area contributed by atoms with Crippen molar-refractivity contribution in [2.24, 2.45) is 17.2 Å². The summed E-state index contributed by atoms with van der Waals surface area (Å²) in [5.74, 6) is -2.04. The minimum absolute atomic E-state index is 0.278. The fourth-order valence-corrected chi connectivity index (χ4v) is 1.40. The van der Waals surface area contributed by atoms with Gasteiger partial charge in [0.15, 0.2) is 0 Å². The molecular formula is C11H23N3O6S. The first kappa shape index (κ1) is 21.9. The summed E-state index contributed by atoms with van der Waals surface area (Å²) in [7, 11) is 0. The Labute approximate surface area is 127 Å². The monoisotopic (exact) mass is 325 g/mol. The number of thioether (sulfide) groups is 1. The van der Waals surface area contributed by atoms with Crippen LogP contribution in [-0.2, 0) is 19.1 Å². The van der Waals surface area contributed by atoms with Crippen LogP contribution in [-0.4, -0.2) is 64.9 Å². The van der Waals surface area contributed by atoms with Gasteiger partial charge in [-0.25, -0.2) is 0 Å². The summed E-state index contributed by atoms with van der Waals surface area (Å²) in [5.41, 5.74) is 15.4. The van der Waals surface area contributed by atoms with Crippen molar-refractivity contribution in [3.05, 3.63) is 0 Å². The van der Waals surface area contributed by atoms with Crippen molar-refractivity contribution >= 4 is 29.7 Å². The van der Waals surface area contributed by atoms with E-state index in [9.17, 15) is 14.4 Å². The van der Waals surface area contributed by atoms with Crippen LogP contribution >= 0.6 is 11.8 Å². The Morgan fingerprint density at radius 3 is 2.05 bits per heavy atom. The topological polar surface area (TPSA) is 179 Å². The van der Waals surface area contributed by atoms with Gasteiger partial charge < -0.3 is 32.2 Å². The number of hydrogen-bond donors (Lipinski definition) is 5. The number of carbonyl (C=O) groups excluding carboxylic acids is 1. The zero-order valence-corrected chi connectivity index (χ0v) is 12.8. The van der Waals surface area contributed by atoms with Gasteiger partial charge in [0.05, 0.1) is 6.54 Å². The highest BCUT2D eigenvalue weighted by atomic mass is 32.2. The van der Waals surface area contributed by atoms with E-state index in [-0.39, 0.29) is 6.54 Å². The molecule has 0 heterocycles. The lowest BCUT2D eigenvalue weighted by Crippen LogP contribution is -2.45. The molecular weight excluding hydrogens is 302 g/mol. The number of carboxylic acids is 2. The van der Waals surface area contributed by atoms with E-state index in [0.717, 1.165) is 5.75 Å². The molecule has 0 amide bonds. The molecule has 0 aromatic rings. The van der Waals surface area contributed by atoms with Crippen molar-refractivity contribution < 1.29 is 29.3 Å². The average molecular weight is 325 g/mol. The fourth-order valence-electron chi connectivity index (χ4n) is 0.907. The van der Waals surface area contributed by atoms with Gasteiger partial charge in [0.2, 0.25) is 0 Å². The second kappa shape index (κ2) is 12.4. The third-order valence-corrected chi connectivity index (χ3v) is 2.85. The van der Waals surface area contributed by atoms with Crippen LogP contribution in [0.4, 0.5) is 0 Å². The highest BCUT2D eigenvalue weighted by Gasteiger charge is 2.25. The molecule has 124 valence electrons. The van der Waals surface area contributed by atoms with Crippen molar-refractivity contribution in [3.63, 3.8) is 0 Å². The van der Waals surface area contributed by atoms with Crippen LogP contribution in [0, 0.1) is 0 Å². The van der Waals surface area contributed by atoms with Crippen LogP contribution in [0.3, 0.4) is 0 Å². The molecule has 0 fully saturated rings. The number of carboxylic acid groups (broad SMARTS) is 2. The molecule has 9 nitrogen and oxygen atoms in total. The maximum Gasteiger partial charge on any atom is 0.324 e. The van der Waals surface area contributed by atoms with Gasteiger partial charge in [-0.3, -0.25) is 14.4 Å². The molecule has 0 bridgehead atoms. The first-order valence-electron chi connectivity index (χ1n) is 6.02. The molecule has 0 rings (SSSR count). The van der Waals surface area contributed by atoms with Crippen molar-refractivity contribution in [2.75, 3.05) is 18.6 Å². The lowest BCUT2D eigenvalue weighted by molar-refractivity contribution is -0.154. The molecule has 0 saturated carbocycles. The van der Waals surface area contributed by atoms with Gasteiger partial charge in [0.1, 0.15) is 18.2 Å². The average Bonchev–Trinajstić information content (AvgIpc) is 2.43. The third-order valence-electron chi connectivity index (χ3n) is 2.20. The molecule has 0 aliphatic heterocycles. The van der Waals surface area contributed by atoms with E-state index in [1.165, 1.54) is 6.92 Å². The number of rotatable bonds is 8. The Morgan fingerprint density at radius 2 is 1.71 bits per heavy atom. The molecule has 0 spiro atoms. The number of aliphatic carboxylic acids is 2. The molecule has 0 saturated heterocycles. The van der Waals surface area contributed by atoms with Crippen LogP contribution in [0.25, 0.3) is 0 Å². The van der Waals surface area contributed by atoms with Crippen LogP contribution < -0.4 is 17.2 Å². The minimum Gasteiger partial charge on any atom is -0.480 e. The Kier molecular flexibility index (Phi) is 12.9. The van der Waals surface area contributed by atoms with Crippen molar-refractivity contribution in [3.8, 4) is 0 Å².